The first-order chi connectivity index (χ1) is 7.26. The minimum atomic E-state index is 0.240. The van der Waals surface area contributed by atoms with Gasteiger partial charge in [-0.2, -0.15) is 0 Å². The third-order valence-corrected chi connectivity index (χ3v) is 2.99. The molecule has 0 fully saturated rings. The Morgan fingerprint density at radius 3 is 2.40 bits per heavy atom. The third kappa shape index (κ3) is 4.95. The lowest BCUT2D eigenvalue weighted by Crippen LogP contribution is -2.27. The molecule has 84 valence electrons. The van der Waals surface area contributed by atoms with Gasteiger partial charge in [0.05, 0.1) is 6.61 Å². The van der Waals surface area contributed by atoms with E-state index in [1.807, 2.05) is 0 Å². The molecule has 0 bridgehead atoms. The van der Waals surface area contributed by atoms with Crippen LogP contribution in [0.5, 0.6) is 0 Å². The molecule has 0 atom stereocenters. The molecule has 0 aromatic heterocycles. The van der Waals surface area contributed by atoms with Gasteiger partial charge in [-0.05, 0) is 53.3 Å². The standard InChI is InChI=1S/C12H18INO/c1-2-7-14(8-9-15)10-11-3-5-12(13)6-4-11/h3-6,15H,2,7-10H2,1H3. The molecule has 1 rings (SSSR count). The van der Waals surface area contributed by atoms with Crippen LogP contribution in [0.1, 0.15) is 18.9 Å². The molecule has 0 aliphatic rings. The Kier molecular flexibility index (Phi) is 6.20. The molecule has 1 N–H and O–H groups in total. The van der Waals surface area contributed by atoms with Gasteiger partial charge in [0.25, 0.3) is 0 Å². The fraction of sp³-hybridized carbons (Fsp3) is 0.500. The lowest BCUT2D eigenvalue weighted by Gasteiger charge is -2.20. The number of hydrogen-bond donors (Lipinski definition) is 1. The number of hydrogen-bond acceptors (Lipinski definition) is 2. The maximum absolute atomic E-state index is 8.94. The van der Waals surface area contributed by atoms with Crippen LogP contribution in [0.25, 0.3) is 0 Å². The van der Waals surface area contributed by atoms with Crippen LogP contribution in [0, 0.1) is 3.57 Å². The van der Waals surface area contributed by atoms with E-state index in [4.69, 9.17) is 5.11 Å². The molecule has 2 nitrogen and oxygen atoms in total. The van der Waals surface area contributed by atoms with E-state index in [0.29, 0.717) is 0 Å². The van der Waals surface area contributed by atoms with Crippen LogP contribution in [-0.4, -0.2) is 29.7 Å². The van der Waals surface area contributed by atoms with Crippen molar-refractivity contribution in [2.75, 3.05) is 19.7 Å². The Morgan fingerprint density at radius 1 is 1.20 bits per heavy atom. The molecule has 1 aromatic rings. The summed E-state index contributed by atoms with van der Waals surface area (Å²) in [4.78, 5) is 2.28. The molecule has 1 aromatic carbocycles. The first-order valence-corrected chi connectivity index (χ1v) is 6.41. The first-order valence-electron chi connectivity index (χ1n) is 5.34. The second-order valence-electron chi connectivity index (χ2n) is 3.63. The maximum Gasteiger partial charge on any atom is 0.0558 e. The fourth-order valence-electron chi connectivity index (χ4n) is 1.58. The van der Waals surface area contributed by atoms with Crippen molar-refractivity contribution in [1.29, 1.82) is 0 Å². The monoisotopic (exact) mass is 319 g/mol. The average molecular weight is 319 g/mol. The zero-order chi connectivity index (χ0) is 11.1. The van der Waals surface area contributed by atoms with Gasteiger partial charge in [0.15, 0.2) is 0 Å². The van der Waals surface area contributed by atoms with E-state index >= 15 is 0 Å². The van der Waals surface area contributed by atoms with Gasteiger partial charge in [-0.15, -0.1) is 0 Å². The summed E-state index contributed by atoms with van der Waals surface area (Å²) in [5, 5.41) is 8.94. The van der Waals surface area contributed by atoms with E-state index in [0.717, 1.165) is 26.1 Å². The van der Waals surface area contributed by atoms with Gasteiger partial charge in [0.1, 0.15) is 0 Å². The molecule has 15 heavy (non-hydrogen) atoms. The number of aliphatic hydroxyl groups is 1. The molecule has 0 unspecified atom stereocenters. The molecule has 0 spiro atoms. The Morgan fingerprint density at radius 2 is 1.87 bits per heavy atom. The third-order valence-electron chi connectivity index (χ3n) is 2.28. The quantitative estimate of drug-likeness (QED) is 0.815. The Balaban J connectivity index is 2.53. The average Bonchev–Trinajstić information content (AvgIpc) is 2.22. The predicted molar refractivity (Wildman–Crippen MR) is 71.8 cm³/mol. The number of nitrogens with zero attached hydrogens (tertiary/aromatic N) is 1. The Bertz CT molecular complexity index is 267. The van der Waals surface area contributed by atoms with Gasteiger partial charge in [-0.1, -0.05) is 19.1 Å². The highest BCUT2D eigenvalue weighted by Crippen LogP contribution is 2.09. The summed E-state index contributed by atoms with van der Waals surface area (Å²) in [6, 6.07) is 8.56. The minimum Gasteiger partial charge on any atom is -0.395 e. The topological polar surface area (TPSA) is 23.5 Å². The van der Waals surface area contributed by atoms with E-state index in [1.54, 1.807) is 0 Å². The van der Waals surface area contributed by atoms with E-state index < -0.39 is 0 Å². The van der Waals surface area contributed by atoms with E-state index in [9.17, 15) is 0 Å². The molecular weight excluding hydrogens is 301 g/mol. The summed E-state index contributed by atoms with van der Waals surface area (Å²) in [5.74, 6) is 0. The number of aliphatic hydroxyl groups excluding tert-OH is 1. The molecule has 0 amide bonds. The van der Waals surface area contributed by atoms with Gasteiger partial charge in [-0.25, -0.2) is 0 Å². The van der Waals surface area contributed by atoms with Crippen LogP contribution < -0.4 is 0 Å². The van der Waals surface area contributed by atoms with Crippen LogP contribution in [0.3, 0.4) is 0 Å². The van der Waals surface area contributed by atoms with Crippen LogP contribution in [0.15, 0.2) is 24.3 Å². The smallest absolute Gasteiger partial charge is 0.0558 e. The van der Waals surface area contributed by atoms with Crippen molar-refractivity contribution < 1.29 is 5.11 Å². The van der Waals surface area contributed by atoms with E-state index in [-0.39, 0.29) is 6.61 Å². The van der Waals surface area contributed by atoms with Gasteiger partial charge in [0, 0.05) is 16.7 Å². The highest BCUT2D eigenvalue weighted by Gasteiger charge is 2.03. The van der Waals surface area contributed by atoms with Crippen molar-refractivity contribution in [3.8, 4) is 0 Å². The van der Waals surface area contributed by atoms with Crippen LogP contribution in [0.4, 0.5) is 0 Å². The summed E-state index contributed by atoms with van der Waals surface area (Å²) < 4.78 is 1.26. The molecule has 3 heteroatoms. The van der Waals surface area contributed by atoms with Crippen LogP contribution in [-0.2, 0) is 6.54 Å². The van der Waals surface area contributed by atoms with Gasteiger partial charge >= 0.3 is 0 Å². The highest BCUT2D eigenvalue weighted by atomic mass is 127. The number of rotatable bonds is 6. The normalized spacial score (nSPS) is 10.9. The van der Waals surface area contributed by atoms with Crippen LogP contribution in [0.2, 0.25) is 0 Å². The number of benzene rings is 1. The second-order valence-corrected chi connectivity index (χ2v) is 4.87. The SMILES string of the molecule is CCCN(CCO)Cc1ccc(I)cc1. The zero-order valence-corrected chi connectivity index (χ0v) is 11.3. The van der Waals surface area contributed by atoms with Crippen molar-refractivity contribution in [1.82, 2.24) is 4.90 Å². The summed E-state index contributed by atoms with van der Waals surface area (Å²) >= 11 is 2.31. The molecule has 0 aliphatic heterocycles. The van der Waals surface area contributed by atoms with Gasteiger partial charge < -0.3 is 5.11 Å². The summed E-state index contributed by atoms with van der Waals surface area (Å²) in [6.45, 7) is 5.15. The second kappa shape index (κ2) is 7.19. The lowest BCUT2D eigenvalue weighted by atomic mass is 10.2. The van der Waals surface area contributed by atoms with Crippen molar-refractivity contribution in [3.05, 3.63) is 33.4 Å². The largest absolute Gasteiger partial charge is 0.395 e. The highest BCUT2D eigenvalue weighted by molar-refractivity contribution is 14.1. The molecule has 0 heterocycles. The van der Waals surface area contributed by atoms with Crippen molar-refractivity contribution in [2.24, 2.45) is 0 Å². The van der Waals surface area contributed by atoms with Crippen molar-refractivity contribution in [2.45, 2.75) is 19.9 Å². The zero-order valence-electron chi connectivity index (χ0n) is 9.12. The van der Waals surface area contributed by atoms with E-state index in [2.05, 4.69) is 58.7 Å². The molecule has 0 radical (unpaired) electrons. The molecule has 0 aliphatic carbocycles. The van der Waals surface area contributed by atoms with Crippen LogP contribution >= 0.6 is 22.6 Å². The summed E-state index contributed by atoms with van der Waals surface area (Å²) in [6.07, 6.45) is 1.13. The molecular formula is C12H18INO. The molecule has 0 saturated carbocycles. The Labute approximate surface area is 105 Å². The van der Waals surface area contributed by atoms with Crippen molar-refractivity contribution in [3.63, 3.8) is 0 Å². The summed E-state index contributed by atoms with van der Waals surface area (Å²) in [7, 11) is 0. The van der Waals surface area contributed by atoms with E-state index in [1.165, 1.54) is 9.13 Å². The lowest BCUT2D eigenvalue weighted by molar-refractivity contribution is 0.190. The predicted octanol–water partition coefficient (Wildman–Crippen LogP) is 2.50. The fourth-order valence-corrected chi connectivity index (χ4v) is 1.94. The number of halogens is 1. The summed E-state index contributed by atoms with van der Waals surface area (Å²) in [5.41, 5.74) is 1.32. The maximum atomic E-state index is 8.94. The Hall–Kier alpha value is -0.130. The van der Waals surface area contributed by atoms with Gasteiger partial charge in [0.2, 0.25) is 0 Å². The molecule has 0 saturated heterocycles. The van der Waals surface area contributed by atoms with Crippen molar-refractivity contribution >= 4 is 22.6 Å². The first kappa shape index (κ1) is 12.9. The minimum absolute atomic E-state index is 0.240. The van der Waals surface area contributed by atoms with Gasteiger partial charge in [-0.3, -0.25) is 4.90 Å².